The summed E-state index contributed by atoms with van der Waals surface area (Å²) in [6, 6.07) is 0. The van der Waals surface area contributed by atoms with Crippen LogP contribution in [-0.2, 0) is 14.4 Å². The van der Waals surface area contributed by atoms with E-state index >= 15 is 0 Å². The van der Waals surface area contributed by atoms with E-state index in [1.54, 1.807) is 13.8 Å². The highest BCUT2D eigenvalue weighted by Gasteiger charge is 2.05. The molecule has 17 heavy (non-hydrogen) atoms. The second-order valence-electron chi connectivity index (χ2n) is 3.04. The molecule has 0 saturated heterocycles. The molecule has 1 atom stereocenters. The quantitative estimate of drug-likeness (QED) is 0.702. The summed E-state index contributed by atoms with van der Waals surface area (Å²) in [7, 11) is 0. The van der Waals surface area contributed by atoms with Crippen LogP contribution in [0, 0.1) is 5.92 Å². The van der Waals surface area contributed by atoms with Crippen molar-refractivity contribution < 1.29 is 19.5 Å². The zero-order valence-corrected chi connectivity index (χ0v) is 11.4. The lowest BCUT2D eigenvalue weighted by Gasteiger charge is -1.96. The molecule has 0 saturated carbocycles. The largest absolute Gasteiger partial charge is 0.481 e. The van der Waals surface area contributed by atoms with Crippen LogP contribution in [0.1, 0.15) is 47.5 Å². The molecule has 1 unspecified atom stereocenters. The molecule has 0 aliphatic heterocycles. The zero-order valence-electron chi connectivity index (χ0n) is 11.4. The third-order valence-corrected chi connectivity index (χ3v) is 1.81. The summed E-state index contributed by atoms with van der Waals surface area (Å²) in [4.78, 5) is 29.8. The normalized spacial score (nSPS) is 9.71. The van der Waals surface area contributed by atoms with Crippen LogP contribution in [0.4, 0.5) is 0 Å². The number of carboxylic acid groups (broad SMARTS) is 1. The Morgan fingerprint density at radius 3 is 1.94 bits per heavy atom. The average Bonchev–Trinajstić information content (AvgIpc) is 2.37. The van der Waals surface area contributed by atoms with Gasteiger partial charge in [0.1, 0.15) is 0 Å². The molecular weight excluding hydrogens is 222 g/mol. The second kappa shape index (κ2) is 17.0. The molecule has 0 rings (SSSR count). The molecule has 0 aliphatic carbocycles. The number of carbonyl (C=O) groups is 3. The molecule has 0 aromatic carbocycles. The van der Waals surface area contributed by atoms with Crippen molar-refractivity contribution in [1.82, 2.24) is 5.32 Å². The van der Waals surface area contributed by atoms with Gasteiger partial charge in [-0.25, -0.2) is 0 Å². The third-order valence-electron chi connectivity index (χ3n) is 1.81. The van der Waals surface area contributed by atoms with E-state index in [1.165, 1.54) is 0 Å². The standard InChI is InChI=1S/C5H9NO2.C5H10O2.C2H6/c1-2-5(8)3-6-4-7;1-3-4(2)5(6)7;1-2/h4H,2-3H2,1H3,(H,6,7);4H,3H2,1-2H3,(H,6,7);1-2H3. The first-order valence-corrected chi connectivity index (χ1v) is 5.91. The van der Waals surface area contributed by atoms with Crippen LogP contribution in [-0.4, -0.2) is 29.8 Å². The van der Waals surface area contributed by atoms with Crippen molar-refractivity contribution in [1.29, 1.82) is 0 Å². The molecule has 0 bridgehead atoms. The highest BCUT2D eigenvalue weighted by atomic mass is 16.4. The first-order chi connectivity index (χ1) is 7.99. The number of nitrogens with one attached hydrogen (secondary N) is 1. The van der Waals surface area contributed by atoms with Crippen LogP contribution >= 0.6 is 0 Å². The summed E-state index contributed by atoms with van der Waals surface area (Å²) < 4.78 is 0. The Morgan fingerprint density at radius 2 is 1.76 bits per heavy atom. The fourth-order valence-corrected chi connectivity index (χ4v) is 0.455. The van der Waals surface area contributed by atoms with Crippen LogP contribution in [0.15, 0.2) is 0 Å². The monoisotopic (exact) mass is 247 g/mol. The van der Waals surface area contributed by atoms with Crippen molar-refractivity contribution in [2.45, 2.75) is 47.5 Å². The van der Waals surface area contributed by atoms with Crippen molar-refractivity contribution in [3.05, 3.63) is 0 Å². The Hall–Kier alpha value is -1.39. The number of carboxylic acids is 1. The maximum absolute atomic E-state index is 10.3. The molecule has 0 aromatic heterocycles. The van der Waals surface area contributed by atoms with E-state index in [1.807, 2.05) is 20.8 Å². The van der Waals surface area contributed by atoms with E-state index in [9.17, 15) is 14.4 Å². The van der Waals surface area contributed by atoms with Crippen LogP contribution in [0.5, 0.6) is 0 Å². The number of rotatable bonds is 6. The molecular formula is C12H25NO4. The fraction of sp³-hybridized carbons (Fsp3) is 0.750. The van der Waals surface area contributed by atoms with Gasteiger partial charge in [-0.05, 0) is 6.42 Å². The van der Waals surface area contributed by atoms with Crippen molar-refractivity contribution in [3.8, 4) is 0 Å². The van der Waals surface area contributed by atoms with Gasteiger partial charge >= 0.3 is 5.97 Å². The predicted molar refractivity (Wildman–Crippen MR) is 67.8 cm³/mol. The van der Waals surface area contributed by atoms with Crippen molar-refractivity contribution in [2.24, 2.45) is 5.92 Å². The van der Waals surface area contributed by atoms with Gasteiger partial charge in [0.15, 0.2) is 5.78 Å². The molecule has 2 N–H and O–H groups in total. The van der Waals surface area contributed by atoms with Crippen LogP contribution < -0.4 is 5.32 Å². The van der Waals surface area contributed by atoms with Crippen molar-refractivity contribution in [3.63, 3.8) is 0 Å². The Bertz CT molecular complexity index is 205. The minimum Gasteiger partial charge on any atom is -0.481 e. The lowest BCUT2D eigenvalue weighted by Crippen LogP contribution is -2.20. The summed E-state index contributed by atoms with van der Waals surface area (Å²) in [5.74, 6) is -0.834. The van der Waals surface area contributed by atoms with Crippen LogP contribution in [0.25, 0.3) is 0 Å². The van der Waals surface area contributed by atoms with Gasteiger partial charge in [0.05, 0.1) is 12.5 Å². The molecule has 0 radical (unpaired) electrons. The summed E-state index contributed by atoms with van der Waals surface area (Å²) in [5, 5.41) is 10.5. The van der Waals surface area contributed by atoms with Gasteiger partial charge in [-0.2, -0.15) is 0 Å². The number of carbonyl (C=O) groups excluding carboxylic acids is 2. The van der Waals surface area contributed by atoms with E-state index in [-0.39, 0.29) is 18.2 Å². The maximum atomic E-state index is 10.3. The van der Waals surface area contributed by atoms with Gasteiger partial charge in [0.2, 0.25) is 6.41 Å². The third kappa shape index (κ3) is 20.6. The molecule has 0 aliphatic rings. The highest BCUT2D eigenvalue weighted by Crippen LogP contribution is 1.97. The van der Waals surface area contributed by atoms with Gasteiger partial charge in [-0.1, -0.05) is 34.6 Å². The van der Waals surface area contributed by atoms with Crippen LogP contribution in [0.3, 0.4) is 0 Å². The molecule has 5 nitrogen and oxygen atoms in total. The van der Waals surface area contributed by atoms with Crippen LogP contribution in [0.2, 0.25) is 0 Å². The molecule has 0 fully saturated rings. The SMILES string of the molecule is CC.CCC(=O)CNC=O.CCC(C)C(=O)O. The summed E-state index contributed by atoms with van der Waals surface area (Å²) in [6.07, 6.45) is 1.73. The number of ketones is 1. The fourth-order valence-electron chi connectivity index (χ4n) is 0.455. The van der Waals surface area contributed by atoms with E-state index < -0.39 is 5.97 Å². The minimum absolute atomic E-state index is 0.0529. The minimum atomic E-state index is -0.706. The van der Waals surface area contributed by atoms with Crippen molar-refractivity contribution in [2.75, 3.05) is 6.54 Å². The number of aliphatic carboxylic acids is 1. The lowest BCUT2D eigenvalue weighted by molar-refractivity contribution is -0.141. The van der Waals surface area contributed by atoms with Gasteiger partial charge in [0, 0.05) is 6.42 Å². The average molecular weight is 247 g/mol. The lowest BCUT2D eigenvalue weighted by atomic mass is 10.1. The molecule has 1 amide bonds. The van der Waals surface area contributed by atoms with Gasteiger partial charge in [-0.15, -0.1) is 0 Å². The number of hydrogen-bond acceptors (Lipinski definition) is 3. The Labute approximate surface area is 104 Å². The van der Waals surface area contributed by atoms with Crippen molar-refractivity contribution >= 4 is 18.2 Å². The zero-order chi connectivity index (χ0) is 14.3. The van der Waals surface area contributed by atoms with E-state index in [0.717, 1.165) is 6.42 Å². The first kappa shape index (κ1) is 21.0. The van der Waals surface area contributed by atoms with Gasteiger partial charge in [-0.3, -0.25) is 14.4 Å². The Balaban J connectivity index is -0.000000202. The van der Waals surface area contributed by atoms with Gasteiger partial charge in [0.25, 0.3) is 0 Å². The van der Waals surface area contributed by atoms with E-state index in [2.05, 4.69) is 5.32 Å². The van der Waals surface area contributed by atoms with E-state index in [0.29, 0.717) is 12.8 Å². The maximum Gasteiger partial charge on any atom is 0.306 e. The highest BCUT2D eigenvalue weighted by molar-refractivity contribution is 5.81. The summed E-state index contributed by atoms with van der Waals surface area (Å²) >= 11 is 0. The number of amides is 1. The Morgan fingerprint density at radius 1 is 1.29 bits per heavy atom. The predicted octanol–water partition coefficient (Wildman–Crippen LogP) is 1.85. The topological polar surface area (TPSA) is 83.5 Å². The molecule has 5 heteroatoms. The smallest absolute Gasteiger partial charge is 0.306 e. The summed E-state index contributed by atoms with van der Waals surface area (Å²) in [5.41, 5.74) is 0. The first-order valence-electron chi connectivity index (χ1n) is 5.91. The molecule has 0 heterocycles. The molecule has 102 valence electrons. The molecule has 0 spiro atoms. The molecule has 0 aromatic rings. The Kier molecular flexibility index (Phi) is 21.0. The second-order valence-corrected chi connectivity index (χ2v) is 3.04. The summed E-state index contributed by atoms with van der Waals surface area (Å²) in [6.45, 7) is 9.48. The number of Topliss-reactive ketones (excluding diaryl/α,β-unsaturated/α-hetero) is 1. The van der Waals surface area contributed by atoms with Gasteiger partial charge < -0.3 is 10.4 Å². The van der Waals surface area contributed by atoms with E-state index in [4.69, 9.17) is 5.11 Å². The number of hydrogen-bond donors (Lipinski definition) is 2.